The van der Waals surface area contributed by atoms with Crippen LogP contribution in [0.5, 0.6) is 5.75 Å². The van der Waals surface area contributed by atoms with Crippen LogP contribution in [-0.4, -0.2) is 5.11 Å². The zero-order valence-corrected chi connectivity index (χ0v) is 6.83. The molecule has 0 fully saturated rings. The lowest BCUT2D eigenvalue weighted by Gasteiger charge is -2.01. The van der Waals surface area contributed by atoms with Crippen molar-refractivity contribution in [3.63, 3.8) is 0 Å². The summed E-state index contributed by atoms with van der Waals surface area (Å²) in [7, 11) is 0. The molecule has 0 spiro atoms. The van der Waals surface area contributed by atoms with Gasteiger partial charge in [-0.2, -0.15) is 0 Å². The average molecular weight is 148 g/mol. The van der Waals surface area contributed by atoms with E-state index in [9.17, 15) is 5.11 Å². The van der Waals surface area contributed by atoms with Gasteiger partial charge in [0.25, 0.3) is 0 Å². The van der Waals surface area contributed by atoms with E-state index in [1.165, 1.54) is 0 Å². The molecule has 11 heavy (non-hydrogen) atoms. The Hall–Kier alpha value is -1.24. The molecule has 0 aromatic heterocycles. The number of hydrogen-bond donors (Lipinski definition) is 1. The largest absolute Gasteiger partial charge is 0.508 e. The van der Waals surface area contributed by atoms with Crippen LogP contribution in [0.1, 0.15) is 18.1 Å². The highest BCUT2D eigenvalue weighted by Gasteiger charge is 1.97. The highest BCUT2D eigenvalue weighted by molar-refractivity contribution is 5.56. The van der Waals surface area contributed by atoms with Crippen LogP contribution in [0.15, 0.2) is 24.3 Å². The van der Waals surface area contributed by atoms with Crippen molar-refractivity contribution in [1.82, 2.24) is 0 Å². The number of aromatic hydroxyl groups is 1. The fraction of sp³-hybridized carbons (Fsp3) is 0.200. The van der Waals surface area contributed by atoms with E-state index in [4.69, 9.17) is 0 Å². The number of hydrogen-bond acceptors (Lipinski definition) is 1. The third-order valence-electron chi connectivity index (χ3n) is 1.69. The van der Waals surface area contributed by atoms with Gasteiger partial charge in [-0.1, -0.05) is 24.3 Å². The second kappa shape index (κ2) is 3.24. The van der Waals surface area contributed by atoms with Crippen molar-refractivity contribution in [2.45, 2.75) is 13.8 Å². The molecule has 0 saturated carbocycles. The van der Waals surface area contributed by atoms with Gasteiger partial charge in [0, 0.05) is 0 Å². The summed E-state index contributed by atoms with van der Waals surface area (Å²) in [6.45, 7) is 3.87. The molecular weight excluding hydrogens is 136 g/mol. The summed E-state index contributed by atoms with van der Waals surface area (Å²) in [6, 6.07) is 5.52. The molecule has 0 saturated heterocycles. The molecule has 58 valence electrons. The maximum absolute atomic E-state index is 9.29. The predicted molar refractivity (Wildman–Crippen MR) is 47.6 cm³/mol. The lowest BCUT2D eigenvalue weighted by atomic mass is 10.1. The summed E-state index contributed by atoms with van der Waals surface area (Å²) in [6.07, 6.45) is 3.94. The Kier molecular flexibility index (Phi) is 2.32. The molecule has 0 heterocycles. The van der Waals surface area contributed by atoms with Crippen molar-refractivity contribution in [1.29, 1.82) is 0 Å². The first-order valence-corrected chi connectivity index (χ1v) is 3.67. The first kappa shape index (κ1) is 7.86. The molecule has 0 aliphatic heterocycles. The van der Waals surface area contributed by atoms with Crippen molar-refractivity contribution in [2.75, 3.05) is 0 Å². The maximum Gasteiger partial charge on any atom is 0.119 e. The van der Waals surface area contributed by atoms with E-state index >= 15 is 0 Å². The number of allylic oxidation sites excluding steroid dienone is 1. The Bertz CT molecular complexity index is 274. The summed E-state index contributed by atoms with van der Waals surface area (Å²) in [5, 5.41) is 9.29. The van der Waals surface area contributed by atoms with Gasteiger partial charge in [0.15, 0.2) is 0 Å². The van der Waals surface area contributed by atoms with Crippen LogP contribution in [0.3, 0.4) is 0 Å². The first-order chi connectivity index (χ1) is 5.25. The van der Waals surface area contributed by atoms with Crippen molar-refractivity contribution in [2.24, 2.45) is 0 Å². The standard InChI is InChI=1S/C10H12O/c1-3-5-9-6-4-7-10(11)8(9)2/h3-7,11H,1-2H3. The molecule has 0 amide bonds. The minimum atomic E-state index is 0.362. The molecule has 0 bridgehead atoms. The quantitative estimate of drug-likeness (QED) is 0.649. The minimum Gasteiger partial charge on any atom is -0.508 e. The van der Waals surface area contributed by atoms with E-state index in [0.29, 0.717) is 5.75 Å². The summed E-state index contributed by atoms with van der Waals surface area (Å²) >= 11 is 0. The fourth-order valence-corrected chi connectivity index (χ4v) is 1.00. The van der Waals surface area contributed by atoms with Gasteiger partial charge in [0.05, 0.1) is 0 Å². The molecule has 1 N–H and O–H groups in total. The molecule has 0 aliphatic rings. The summed E-state index contributed by atoms with van der Waals surface area (Å²) in [5.41, 5.74) is 2.01. The monoisotopic (exact) mass is 148 g/mol. The van der Waals surface area contributed by atoms with Crippen molar-refractivity contribution in [3.05, 3.63) is 35.4 Å². The molecule has 0 atom stereocenters. The molecule has 0 aliphatic carbocycles. The van der Waals surface area contributed by atoms with E-state index in [-0.39, 0.29) is 0 Å². The molecular formula is C10H12O. The third-order valence-corrected chi connectivity index (χ3v) is 1.69. The van der Waals surface area contributed by atoms with Crippen LogP contribution in [0.25, 0.3) is 6.08 Å². The highest BCUT2D eigenvalue weighted by Crippen LogP contribution is 2.20. The number of rotatable bonds is 1. The highest BCUT2D eigenvalue weighted by atomic mass is 16.3. The van der Waals surface area contributed by atoms with Crippen LogP contribution in [-0.2, 0) is 0 Å². The van der Waals surface area contributed by atoms with Crippen LogP contribution >= 0.6 is 0 Å². The van der Waals surface area contributed by atoms with Crippen molar-refractivity contribution >= 4 is 6.08 Å². The van der Waals surface area contributed by atoms with Gasteiger partial charge >= 0.3 is 0 Å². The van der Waals surface area contributed by atoms with Crippen molar-refractivity contribution < 1.29 is 5.11 Å². The number of benzene rings is 1. The zero-order valence-electron chi connectivity index (χ0n) is 6.83. The van der Waals surface area contributed by atoms with E-state index in [1.807, 2.05) is 38.1 Å². The lowest BCUT2D eigenvalue weighted by molar-refractivity contribution is 0.471. The predicted octanol–water partition coefficient (Wildman–Crippen LogP) is 2.73. The van der Waals surface area contributed by atoms with Crippen LogP contribution < -0.4 is 0 Å². The molecule has 1 heteroatoms. The minimum absolute atomic E-state index is 0.362. The molecule has 0 unspecified atom stereocenters. The second-order valence-electron chi connectivity index (χ2n) is 2.49. The van der Waals surface area contributed by atoms with E-state index in [0.717, 1.165) is 11.1 Å². The van der Waals surface area contributed by atoms with Gasteiger partial charge in [-0.25, -0.2) is 0 Å². The van der Waals surface area contributed by atoms with E-state index < -0.39 is 0 Å². The Labute approximate surface area is 67.0 Å². The molecule has 1 aromatic rings. The smallest absolute Gasteiger partial charge is 0.119 e. The Morgan fingerprint density at radius 1 is 1.36 bits per heavy atom. The lowest BCUT2D eigenvalue weighted by Crippen LogP contribution is -1.79. The SMILES string of the molecule is CC=Cc1cccc(O)c1C. The fourth-order valence-electron chi connectivity index (χ4n) is 1.00. The van der Waals surface area contributed by atoms with Gasteiger partial charge in [0.2, 0.25) is 0 Å². The van der Waals surface area contributed by atoms with E-state index in [1.54, 1.807) is 6.07 Å². The Morgan fingerprint density at radius 3 is 2.73 bits per heavy atom. The third kappa shape index (κ3) is 1.61. The molecule has 1 aromatic carbocycles. The normalized spacial score (nSPS) is 10.7. The summed E-state index contributed by atoms with van der Waals surface area (Å²) in [5.74, 6) is 0.362. The average Bonchev–Trinajstić information content (AvgIpc) is 1.99. The molecule has 0 radical (unpaired) electrons. The number of phenolic OH excluding ortho intramolecular Hbond substituents is 1. The maximum atomic E-state index is 9.29. The van der Waals surface area contributed by atoms with Crippen LogP contribution in [0.2, 0.25) is 0 Å². The van der Waals surface area contributed by atoms with Gasteiger partial charge in [-0.3, -0.25) is 0 Å². The van der Waals surface area contributed by atoms with Crippen LogP contribution in [0.4, 0.5) is 0 Å². The van der Waals surface area contributed by atoms with Crippen LogP contribution in [0, 0.1) is 6.92 Å². The Morgan fingerprint density at radius 2 is 2.09 bits per heavy atom. The zero-order chi connectivity index (χ0) is 8.27. The van der Waals surface area contributed by atoms with Crippen molar-refractivity contribution in [3.8, 4) is 5.75 Å². The molecule has 1 nitrogen and oxygen atoms in total. The number of phenols is 1. The Balaban J connectivity index is 3.16. The summed E-state index contributed by atoms with van der Waals surface area (Å²) in [4.78, 5) is 0. The topological polar surface area (TPSA) is 20.2 Å². The summed E-state index contributed by atoms with van der Waals surface area (Å²) < 4.78 is 0. The molecule has 1 rings (SSSR count). The first-order valence-electron chi connectivity index (χ1n) is 3.67. The van der Waals surface area contributed by atoms with Gasteiger partial charge in [-0.05, 0) is 31.0 Å². The van der Waals surface area contributed by atoms with Gasteiger partial charge in [-0.15, -0.1) is 0 Å². The van der Waals surface area contributed by atoms with Gasteiger partial charge in [0.1, 0.15) is 5.75 Å². The van der Waals surface area contributed by atoms with E-state index in [2.05, 4.69) is 0 Å². The van der Waals surface area contributed by atoms with Gasteiger partial charge < -0.3 is 5.11 Å². The second-order valence-corrected chi connectivity index (χ2v) is 2.49.